The highest BCUT2D eigenvalue weighted by Crippen LogP contribution is 2.21. The molecule has 3 rings (SSSR count). The van der Waals surface area contributed by atoms with E-state index in [1.54, 1.807) is 29.2 Å². The number of rotatable bonds is 6. The number of sulfonamides is 1. The molecule has 2 heterocycles. The molecule has 158 valence electrons. The Morgan fingerprint density at radius 1 is 1.14 bits per heavy atom. The molecule has 0 radical (unpaired) electrons. The van der Waals surface area contributed by atoms with Gasteiger partial charge in [-0.05, 0) is 43.5 Å². The molecule has 0 spiro atoms. The largest absolute Gasteiger partial charge is 0.351 e. The molecule has 3 amide bonds. The van der Waals surface area contributed by atoms with Crippen LogP contribution in [0, 0.1) is 0 Å². The number of carbonyl (C=O) groups is 3. The molecule has 2 fully saturated rings. The number of hydrogen-bond donors (Lipinski definition) is 2. The number of nitrogens with one attached hydrogen (secondary N) is 2. The lowest BCUT2D eigenvalue weighted by Crippen LogP contribution is -2.51. The number of piperidine rings is 1. The fourth-order valence-corrected chi connectivity index (χ4v) is 4.53. The van der Waals surface area contributed by atoms with E-state index in [0.717, 1.165) is 18.4 Å². The van der Waals surface area contributed by atoms with E-state index in [1.165, 1.54) is 4.31 Å². The van der Waals surface area contributed by atoms with Gasteiger partial charge in [0.1, 0.15) is 0 Å². The molecule has 2 aliphatic heterocycles. The van der Waals surface area contributed by atoms with Crippen LogP contribution in [-0.4, -0.2) is 68.9 Å². The molecule has 2 saturated heterocycles. The van der Waals surface area contributed by atoms with Crippen molar-refractivity contribution in [2.75, 3.05) is 37.3 Å². The molecular formula is C19H26N4O5S. The van der Waals surface area contributed by atoms with E-state index in [4.69, 9.17) is 0 Å². The zero-order chi connectivity index (χ0) is 21.0. The Hall–Kier alpha value is -2.46. The van der Waals surface area contributed by atoms with Crippen molar-refractivity contribution in [3.63, 3.8) is 0 Å². The van der Waals surface area contributed by atoms with Crippen LogP contribution < -0.4 is 15.5 Å². The summed E-state index contributed by atoms with van der Waals surface area (Å²) < 4.78 is 24.7. The van der Waals surface area contributed by atoms with Crippen molar-refractivity contribution >= 4 is 33.4 Å². The minimum atomic E-state index is -3.28. The molecule has 10 heteroatoms. The highest BCUT2D eigenvalue weighted by Gasteiger charge is 2.27. The van der Waals surface area contributed by atoms with Gasteiger partial charge in [-0.15, -0.1) is 0 Å². The summed E-state index contributed by atoms with van der Waals surface area (Å²) in [6.45, 7) is 1.19. The van der Waals surface area contributed by atoms with E-state index >= 15 is 0 Å². The summed E-state index contributed by atoms with van der Waals surface area (Å²) >= 11 is 0. The first kappa shape index (κ1) is 21.3. The van der Waals surface area contributed by atoms with Gasteiger partial charge in [0.05, 0.1) is 12.8 Å². The number of hydrogen-bond acceptors (Lipinski definition) is 5. The molecule has 0 aromatic heterocycles. The lowest BCUT2D eigenvalue weighted by molar-refractivity contribution is -0.121. The minimum absolute atomic E-state index is 0.0797. The van der Waals surface area contributed by atoms with Crippen LogP contribution in [0.3, 0.4) is 0 Å². The second-order valence-corrected chi connectivity index (χ2v) is 9.39. The molecule has 1 unspecified atom stereocenters. The first-order valence-corrected chi connectivity index (χ1v) is 11.5. The molecule has 29 heavy (non-hydrogen) atoms. The van der Waals surface area contributed by atoms with E-state index in [0.29, 0.717) is 37.9 Å². The predicted octanol–water partition coefficient (Wildman–Crippen LogP) is 0.0834. The van der Waals surface area contributed by atoms with Gasteiger partial charge in [0.2, 0.25) is 21.8 Å². The first-order chi connectivity index (χ1) is 13.7. The lowest BCUT2D eigenvalue weighted by atomic mass is 10.1. The Balaban J connectivity index is 1.47. The fourth-order valence-electron chi connectivity index (χ4n) is 3.62. The van der Waals surface area contributed by atoms with E-state index < -0.39 is 10.0 Å². The Morgan fingerprint density at radius 2 is 1.86 bits per heavy atom. The number of nitrogens with zero attached hydrogens (tertiary/aromatic N) is 2. The highest BCUT2D eigenvalue weighted by molar-refractivity contribution is 7.88. The van der Waals surface area contributed by atoms with Gasteiger partial charge in [-0.2, -0.15) is 0 Å². The monoisotopic (exact) mass is 422 g/mol. The lowest BCUT2D eigenvalue weighted by Gasteiger charge is -2.31. The quantitative estimate of drug-likeness (QED) is 0.674. The third kappa shape index (κ3) is 5.54. The topological polar surface area (TPSA) is 116 Å². The maximum Gasteiger partial charge on any atom is 0.251 e. The average Bonchev–Trinajstić information content (AvgIpc) is 3.12. The molecule has 0 bridgehead atoms. The van der Waals surface area contributed by atoms with Gasteiger partial charge >= 0.3 is 0 Å². The molecule has 2 aliphatic rings. The maximum atomic E-state index is 12.3. The highest BCUT2D eigenvalue weighted by atomic mass is 32.2. The Morgan fingerprint density at radius 3 is 2.48 bits per heavy atom. The van der Waals surface area contributed by atoms with Crippen LogP contribution in [0.25, 0.3) is 0 Å². The Bertz CT molecular complexity index is 884. The second kappa shape index (κ2) is 8.91. The molecule has 2 N–H and O–H groups in total. The van der Waals surface area contributed by atoms with Crippen molar-refractivity contribution in [2.24, 2.45) is 0 Å². The van der Waals surface area contributed by atoms with Crippen molar-refractivity contribution < 1.29 is 22.8 Å². The molecule has 9 nitrogen and oxygen atoms in total. The third-order valence-electron chi connectivity index (χ3n) is 5.14. The number of amides is 3. The van der Waals surface area contributed by atoms with E-state index in [2.05, 4.69) is 10.6 Å². The van der Waals surface area contributed by atoms with Gasteiger partial charge in [-0.3, -0.25) is 14.4 Å². The van der Waals surface area contributed by atoms with Gasteiger partial charge in [0.25, 0.3) is 5.91 Å². The summed E-state index contributed by atoms with van der Waals surface area (Å²) in [6, 6.07) is 6.43. The summed E-state index contributed by atoms with van der Waals surface area (Å²) in [6.07, 6.45) is 3.90. The smallest absolute Gasteiger partial charge is 0.251 e. The van der Waals surface area contributed by atoms with Crippen LogP contribution in [0.15, 0.2) is 24.3 Å². The van der Waals surface area contributed by atoms with Gasteiger partial charge in [-0.25, -0.2) is 12.7 Å². The predicted molar refractivity (Wildman–Crippen MR) is 108 cm³/mol. The summed E-state index contributed by atoms with van der Waals surface area (Å²) in [5.74, 6) is -0.671. The number of benzene rings is 1. The summed E-state index contributed by atoms with van der Waals surface area (Å²) in [5.41, 5.74) is 1.16. The van der Waals surface area contributed by atoms with E-state index in [1.807, 2.05) is 0 Å². The summed E-state index contributed by atoms with van der Waals surface area (Å²) in [4.78, 5) is 37.9. The van der Waals surface area contributed by atoms with Crippen LogP contribution in [-0.2, 0) is 19.6 Å². The van der Waals surface area contributed by atoms with Gasteiger partial charge in [0.15, 0.2) is 0 Å². The van der Waals surface area contributed by atoms with Gasteiger partial charge in [-0.1, -0.05) is 0 Å². The van der Waals surface area contributed by atoms with Crippen molar-refractivity contribution in [2.45, 2.75) is 31.7 Å². The summed E-state index contributed by atoms with van der Waals surface area (Å²) in [7, 11) is -3.28. The normalized spacial score (nSPS) is 20.5. The van der Waals surface area contributed by atoms with Gasteiger partial charge in [0, 0.05) is 43.3 Å². The Kier molecular flexibility index (Phi) is 6.53. The van der Waals surface area contributed by atoms with Crippen molar-refractivity contribution in [3.05, 3.63) is 29.8 Å². The van der Waals surface area contributed by atoms with Crippen LogP contribution >= 0.6 is 0 Å². The molecule has 1 aromatic carbocycles. The molecule has 1 aromatic rings. The Labute approximate surface area is 170 Å². The van der Waals surface area contributed by atoms with E-state index in [9.17, 15) is 22.8 Å². The van der Waals surface area contributed by atoms with Crippen LogP contribution in [0.1, 0.15) is 36.0 Å². The standard InChI is InChI=1S/C19H26N4O5S/c1-29(27,28)22-10-2-4-15(13-22)21-17(24)12-20-19(26)14-6-8-16(9-7-14)23-11-3-5-18(23)25/h6-9,15H,2-5,10-13H2,1H3,(H,20,26)(H,21,24). The number of carbonyl (C=O) groups excluding carboxylic acids is 3. The molecule has 0 aliphatic carbocycles. The molecule has 0 saturated carbocycles. The van der Waals surface area contributed by atoms with Crippen molar-refractivity contribution in [1.82, 2.24) is 14.9 Å². The van der Waals surface area contributed by atoms with Crippen LogP contribution in [0.5, 0.6) is 0 Å². The van der Waals surface area contributed by atoms with Gasteiger partial charge < -0.3 is 15.5 Å². The minimum Gasteiger partial charge on any atom is -0.351 e. The van der Waals surface area contributed by atoms with Crippen molar-refractivity contribution in [1.29, 1.82) is 0 Å². The van der Waals surface area contributed by atoms with Crippen LogP contribution in [0.4, 0.5) is 5.69 Å². The zero-order valence-electron chi connectivity index (χ0n) is 16.4. The van der Waals surface area contributed by atoms with Crippen LogP contribution in [0.2, 0.25) is 0 Å². The second-order valence-electron chi connectivity index (χ2n) is 7.41. The SMILES string of the molecule is CS(=O)(=O)N1CCCC(NC(=O)CNC(=O)c2ccc(N3CCCC3=O)cc2)C1. The first-order valence-electron chi connectivity index (χ1n) is 9.67. The molecule has 1 atom stereocenters. The average molecular weight is 423 g/mol. The fraction of sp³-hybridized carbons (Fsp3) is 0.526. The number of anilines is 1. The summed E-state index contributed by atoms with van der Waals surface area (Å²) in [5, 5.41) is 5.34. The van der Waals surface area contributed by atoms with E-state index in [-0.39, 0.29) is 36.9 Å². The zero-order valence-corrected chi connectivity index (χ0v) is 17.2. The maximum absolute atomic E-state index is 12.3. The third-order valence-corrected chi connectivity index (χ3v) is 6.41. The molecular weight excluding hydrogens is 396 g/mol. The van der Waals surface area contributed by atoms with Crippen molar-refractivity contribution in [3.8, 4) is 0 Å².